The molecule has 2 heterocycles. The zero-order valence-electron chi connectivity index (χ0n) is 8.42. The minimum absolute atomic E-state index is 0.0166. The number of hydrogen-bond acceptors (Lipinski definition) is 2. The summed E-state index contributed by atoms with van der Waals surface area (Å²) in [6.45, 7) is 0.728. The molecule has 0 radical (unpaired) electrons. The highest BCUT2D eigenvalue weighted by molar-refractivity contribution is 14.1. The van der Waals surface area contributed by atoms with Crippen molar-refractivity contribution in [2.45, 2.75) is 18.6 Å². The maximum Gasteiger partial charge on any atom is 0.151 e. The van der Waals surface area contributed by atoms with Gasteiger partial charge in [-0.05, 0) is 34.7 Å². The topological polar surface area (TPSA) is 12.5 Å². The van der Waals surface area contributed by atoms with E-state index in [2.05, 4.69) is 0 Å². The molecule has 0 N–H and O–H groups in total. The molecule has 1 fully saturated rings. The fourth-order valence-electron chi connectivity index (χ4n) is 2.41. The molecule has 0 aromatic heterocycles. The summed E-state index contributed by atoms with van der Waals surface area (Å²) in [5.41, 5.74) is 0.428. The van der Waals surface area contributed by atoms with Crippen molar-refractivity contribution in [3.63, 3.8) is 0 Å². The molecule has 2 aliphatic heterocycles. The van der Waals surface area contributed by atoms with E-state index in [0.717, 1.165) is 3.57 Å². The molecule has 1 aromatic carbocycles. The molecular weight excluding hydrogens is 327 g/mol. The van der Waals surface area contributed by atoms with Crippen LogP contribution in [-0.2, 0) is 0 Å². The Balaban J connectivity index is 2.08. The number of benzene rings is 1. The van der Waals surface area contributed by atoms with Gasteiger partial charge in [-0.2, -0.15) is 0 Å². The first-order chi connectivity index (χ1) is 7.65. The predicted octanol–water partition coefficient (Wildman–Crippen LogP) is 2.74. The Morgan fingerprint density at radius 3 is 3.06 bits per heavy atom. The zero-order valence-corrected chi connectivity index (χ0v) is 10.6. The third-order valence-corrected chi connectivity index (χ3v) is 3.70. The lowest BCUT2D eigenvalue weighted by atomic mass is 10.1. The number of hydrogen-bond donors (Lipinski definition) is 0. The van der Waals surface area contributed by atoms with Crippen LogP contribution in [-0.4, -0.2) is 25.4 Å². The quantitative estimate of drug-likeness (QED) is 0.675. The fraction of sp³-hybridized carbons (Fsp3) is 0.455. The summed E-state index contributed by atoms with van der Waals surface area (Å²) in [5.74, 6) is 0.218. The van der Waals surface area contributed by atoms with Crippen LogP contribution in [0.15, 0.2) is 12.1 Å². The number of ether oxygens (including phenoxy) is 1. The van der Waals surface area contributed by atoms with E-state index in [1.54, 1.807) is 11.0 Å². The molecule has 0 aliphatic carbocycles. The van der Waals surface area contributed by atoms with E-state index < -0.39 is 6.17 Å². The Bertz CT molecular complexity index is 440. The SMILES string of the molecule is Fc1cc(I)cc2c1N1C[C@@H](F)C[C@H]1CO2. The van der Waals surface area contributed by atoms with E-state index in [-0.39, 0.29) is 18.4 Å². The molecule has 5 heteroatoms. The summed E-state index contributed by atoms with van der Waals surface area (Å²) in [6.07, 6.45) is -0.441. The number of alkyl halides is 1. The van der Waals surface area contributed by atoms with Crippen molar-refractivity contribution in [2.24, 2.45) is 0 Å². The largest absolute Gasteiger partial charge is 0.489 e. The van der Waals surface area contributed by atoms with Gasteiger partial charge in [-0.15, -0.1) is 0 Å². The van der Waals surface area contributed by atoms with Crippen molar-refractivity contribution in [3.8, 4) is 5.75 Å². The van der Waals surface area contributed by atoms with Gasteiger partial charge in [0.2, 0.25) is 0 Å². The Kier molecular flexibility index (Phi) is 2.45. The minimum atomic E-state index is -0.877. The van der Waals surface area contributed by atoms with Gasteiger partial charge < -0.3 is 9.64 Å². The van der Waals surface area contributed by atoms with Gasteiger partial charge in [0, 0.05) is 16.5 Å². The lowest BCUT2D eigenvalue weighted by molar-refractivity contribution is 0.261. The molecular formula is C11H10F2INO. The maximum atomic E-state index is 13.8. The molecule has 16 heavy (non-hydrogen) atoms. The van der Waals surface area contributed by atoms with E-state index in [1.165, 1.54) is 6.07 Å². The van der Waals surface area contributed by atoms with E-state index in [9.17, 15) is 8.78 Å². The van der Waals surface area contributed by atoms with Gasteiger partial charge in [0.25, 0.3) is 0 Å². The summed E-state index contributed by atoms with van der Waals surface area (Å²) in [7, 11) is 0. The monoisotopic (exact) mass is 337 g/mol. The Hall–Kier alpha value is -0.590. The van der Waals surface area contributed by atoms with Crippen molar-refractivity contribution in [1.29, 1.82) is 0 Å². The maximum absolute atomic E-state index is 13.8. The second-order valence-electron chi connectivity index (χ2n) is 4.18. The average molecular weight is 337 g/mol. The second-order valence-corrected chi connectivity index (χ2v) is 5.43. The Morgan fingerprint density at radius 1 is 1.44 bits per heavy atom. The van der Waals surface area contributed by atoms with Crippen molar-refractivity contribution in [1.82, 2.24) is 0 Å². The van der Waals surface area contributed by atoms with Crippen LogP contribution < -0.4 is 9.64 Å². The third-order valence-electron chi connectivity index (χ3n) is 3.08. The number of nitrogens with zero attached hydrogens (tertiary/aromatic N) is 1. The fourth-order valence-corrected chi connectivity index (χ4v) is 2.96. The van der Waals surface area contributed by atoms with Gasteiger partial charge in [0.15, 0.2) is 5.82 Å². The minimum Gasteiger partial charge on any atom is -0.489 e. The number of rotatable bonds is 0. The molecule has 0 bridgehead atoms. The zero-order chi connectivity index (χ0) is 11.3. The molecule has 0 amide bonds. The molecule has 86 valence electrons. The summed E-state index contributed by atoms with van der Waals surface area (Å²) < 4.78 is 33.4. The predicted molar refractivity (Wildman–Crippen MR) is 65.3 cm³/mol. The third kappa shape index (κ3) is 1.56. The van der Waals surface area contributed by atoms with Crippen molar-refractivity contribution < 1.29 is 13.5 Å². The standard InChI is InChI=1S/C11H10F2INO/c12-6-1-8-5-16-10-3-7(14)2-9(13)11(10)15(8)4-6/h2-3,6,8H,1,4-5H2/t6-,8-/m0/s1. The van der Waals surface area contributed by atoms with Crippen molar-refractivity contribution >= 4 is 28.3 Å². The Morgan fingerprint density at radius 2 is 2.25 bits per heavy atom. The van der Waals surface area contributed by atoms with Gasteiger partial charge in [-0.3, -0.25) is 0 Å². The average Bonchev–Trinajstić information content (AvgIpc) is 2.56. The Labute approximate surface area is 106 Å². The first kappa shape index (κ1) is 10.6. The summed E-state index contributed by atoms with van der Waals surface area (Å²) in [6, 6.07) is 3.23. The van der Waals surface area contributed by atoms with Gasteiger partial charge >= 0.3 is 0 Å². The number of anilines is 1. The van der Waals surface area contributed by atoms with Gasteiger partial charge in [0.1, 0.15) is 24.2 Å². The van der Waals surface area contributed by atoms with E-state index in [4.69, 9.17) is 4.74 Å². The van der Waals surface area contributed by atoms with Gasteiger partial charge in [-0.1, -0.05) is 0 Å². The van der Waals surface area contributed by atoms with Gasteiger partial charge in [-0.25, -0.2) is 8.78 Å². The van der Waals surface area contributed by atoms with Crippen LogP contribution in [0.2, 0.25) is 0 Å². The van der Waals surface area contributed by atoms with Crippen LogP contribution in [0.5, 0.6) is 5.75 Å². The van der Waals surface area contributed by atoms with Crippen molar-refractivity contribution in [2.75, 3.05) is 18.1 Å². The molecule has 2 nitrogen and oxygen atoms in total. The molecule has 0 spiro atoms. The van der Waals surface area contributed by atoms with Crippen LogP contribution in [0.3, 0.4) is 0 Å². The molecule has 2 aliphatic rings. The van der Waals surface area contributed by atoms with E-state index in [1.807, 2.05) is 22.6 Å². The molecule has 0 saturated carbocycles. The van der Waals surface area contributed by atoms with E-state index >= 15 is 0 Å². The molecule has 1 saturated heterocycles. The van der Waals surface area contributed by atoms with Gasteiger partial charge in [0.05, 0.1) is 6.04 Å². The first-order valence-corrected chi connectivity index (χ1v) is 6.25. The lowest BCUT2D eigenvalue weighted by Crippen LogP contribution is -2.38. The highest BCUT2D eigenvalue weighted by Gasteiger charge is 2.38. The summed E-state index contributed by atoms with van der Waals surface area (Å²) in [5, 5.41) is 0. The van der Waals surface area contributed by atoms with Crippen LogP contribution in [0, 0.1) is 9.39 Å². The van der Waals surface area contributed by atoms with Crippen LogP contribution in [0.4, 0.5) is 14.5 Å². The number of halogens is 3. The lowest BCUT2D eigenvalue weighted by Gasteiger charge is -2.33. The highest BCUT2D eigenvalue weighted by Crippen LogP contribution is 2.41. The summed E-state index contributed by atoms with van der Waals surface area (Å²) in [4.78, 5) is 1.80. The van der Waals surface area contributed by atoms with E-state index in [0.29, 0.717) is 24.5 Å². The summed E-state index contributed by atoms with van der Waals surface area (Å²) >= 11 is 2.04. The molecule has 1 aromatic rings. The number of fused-ring (bicyclic) bond motifs is 3. The first-order valence-electron chi connectivity index (χ1n) is 5.17. The molecule has 3 rings (SSSR count). The normalized spacial score (nSPS) is 27.3. The second kappa shape index (κ2) is 3.72. The molecule has 0 unspecified atom stereocenters. The van der Waals surface area contributed by atoms with Crippen LogP contribution in [0.1, 0.15) is 6.42 Å². The van der Waals surface area contributed by atoms with Crippen LogP contribution in [0.25, 0.3) is 0 Å². The van der Waals surface area contributed by atoms with Crippen LogP contribution >= 0.6 is 22.6 Å². The smallest absolute Gasteiger partial charge is 0.151 e. The highest BCUT2D eigenvalue weighted by atomic mass is 127. The molecule has 2 atom stereocenters. The van der Waals surface area contributed by atoms with Crippen molar-refractivity contribution in [3.05, 3.63) is 21.5 Å².